The summed E-state index contributed by atoms with van der Waals surface area (Å²) in [7, 11) is 1.56. The second kappa shape index (κ2) is 7.30. The van der Waals surface area contributed by atoms with Crippen LogP contribution in [0.1, 0.15) is 15.9 Å². The van der Waals surface area contributed by atoms with E-state index >= 15 is 0 Å². The molecule has 124 valence electrons. The molecule has 0 saturated carbocycles. The second-order valence-corrected chi connectivity index (χ2v) is 5.91. The van der Waals surface area contributed by atoms with Gasteiger partial charge in [0.05, 0.1) is 30.6 Å². The molecule has 0 aliphatic heterocycles. The molecule has 1 N–H and O–H groups in total. The molecule has 0 aliphatic carbocycles. The quantitative estimate of drug-likeness (QED) is 0.727. The molecule has 0 radical (unpaired) electrons. The Labute approximate surface area is 144 Å². The third-order valence-electron chi connectivity index (χ3n) is 2.90. The molecular weight excluding hydrogens is 426 g/mol. The van der Waals surface area contributed by atoms with Gasteiger partial charge in [-0.2, -0.15) is 18.3 Å². The summed E-state index contributed by atoms with van der Waals surface area (Å²) in [5.41, 5.74) is -0.516. The van der Waals surface area contributed by atoms with Gasteiger partial charge in [-0.3, -0.25) is 9.48 Å². The molecule has 0 atom stereocenters. The maximum Gasteiger partial charge on any atom is 0.416 e. The lowest BCUT2D eigenvalue weighted by Crippen LogP contribution is -2.14. The van der Waals surface area contributed by atoms with Crippen molar-refractivity contribution in [2.75, 3.05) is 19.0 Å². The minimum Gasteiger partial charge on any atom is -0.383 e. The van der Waals surface area contributed by atoms with E-state index in [-0.39, 0.29) is 5.56 Å². The molecule has 5 nitrogen and oxygen atoms in total. The highest BCUT2D eigenvalue weighted by molar-refractivity contribution is 14.1. The zero-order valence-electron chi connectivity index (χ0n) is 12.0. The van der Waals surface area contributed by atoms with Crippen LogP contribution in [0, 0.1) is 3.57 Å². The van der Waals surface area contributed by atoms with E-state index in [0.29, 0.717) is 22.4 Å². The van der Waals surface area contributed by atoms with Gasteiger partial charge in [-0.25, -0.2) is 0 Å². The molecule has 2 rings (SSSR count). The molecular formula is C14H13F3IN3O2. The van der Waals surface area contributed by atoms with Crippen molar-refractivity contribution >= 4 is 34.2 Å². The van der Waals surface area contributed by atoms with E-state index in [4.69, 9.17) is 4.74 Å². The molecule has 1 aromatic carbocycles. The van der Waals surface area contributed by atoms with Crippen molar-refractivity contribution in [3.8, 4) is 0 Å². The third-order valence-corrected chi connectivity index (χ3v) is 3.53. The van der Waals surface area contributed by atoms with Crippen LogP contribution in [0.4, 0.5) is 18.9 Å². The Morgan fingerprint density at radius 2 is 2.13 bits per heavy atom. The van der Waals surface area contributed by atoms with Crippen LogP contribution in [0.5, 0.6) is 0 Å². The first kappa shape index (κ1) is 17.7. The molecule has 0 aliphatic rings. The normalized spacial score (nSPS) is 11.5. The van der Waals surface area contributed by atoms with E-state index in [1.807, 2.05) is 0 Å². The first-order chi connectivity index (χ1) is 10.8. The summed E-state index contributed by atoms with van der Waals surface area (Å²) in [6.45, 7) is 0.967. The third kappa shape index (κ3) is 4.93. The highest BCUT2D eigenvalue weighted by Gasteiger charge is 2.31. The molecule has 1 heterocycles. The molecule has 0 saturated heterocycles. The Balaban J connectivity index is 2.14. The van der Waals surface area contributed by atoms with Crippen molar-refractivity contribution in [2.45, 2.75) is 12.7 Å². The monoisotopic (exact) mass is 439 g/mol. The summed E-state index contributed by atoms with van der Waals surface area (Å²) in [6.07, 6.45) is -1.50. The molecule has 0 fully saturated rings. The number of halogens is 4. The summed E-state index contributed by atoms with van der Waals surface area (Å²) in [6, 6.07) is 3.20. The minimum atomic E-state index is -4.50. The zero-order chi connectivity index (χ0) is 17.0. The number of nitrogens with zero attached hydrogens (tertiary/aromatic N) is 2. The molecule has 2 aromatic rings. The molecule has 0 bridgehead atoms. The number of benzene rings is 1. The average Bonchev–Trinajstić information content (AvgIpc) is 2.91. The number of methoxy groups -OCH3 is 1. The van der Waals surface area contributed by atoms with Crippen molar-refractivity contribution in [1.29, 1.82) is 0 Å². The molecule has 23 heavy (non-hydrogen) atoms. The van der Waals surface area contributed by atoms with Gasteiger partial charge >= 0.3 is 6.18 Å². The predicted octanol–water partition coefficient (Wildman–Crippen LogP) is 3.41. The Kier molecular flexibility index (Phi) is 5.63. The second-order valence-electron chi connectivity index (χ2n) is 4.67. The van der Waals surface area contributed by atoms with Gasteiger partial charge in [-0.05, 0) is 40.8 Å². The van der Waals surface area contributed by atoms with Gasteiger partial charge in [0, 0.05) is 22.4 Å². The standard InChI is InChI=1S/C14H13F3IN3O2/c1-23-3-2-21-8-12(7-19-21)20-13(22)9-4-10(14(15,16)17)6-11(18)5-9/h4-8H,2-3H2,1H3,(H,20,22). The maximum absolute atomic E-state index is 12.8. The van der Waals surface area contributed by atoms with Crippen LogP contribution in [0.3, 0.4) is 0 Å². The number of ether oxygens (including phenoxy) is 1. The average molecular weight is 439 g/mol. The highest BCUT2D eigenvalue weighted by Crippen LogP contribution is 2.31. The molecule has 1 amide bonds. The largest absolute Gasteiger partial charge is 0.416 e. The van der Waals surface area contributed by atoms with E-state index in [1.165, 1.54) is 12.3 Å². The van der Waals surface area contributed by atoms with Gasteiger partial charge in [-0.15, -0.1) is 0 Å². The van der Waals surface area contributed by atoms with Crippen LogP contribution < -0.4 is 5.32 Å². The first-order valence-corrected chi connectivity index (χ1v) is 7.58. The summed E-state index contributed by atoms with van der Waals surface area (Å²) in [5, 5.41) is 6.54. The smallest absolute Gasteiger partial charge is 0.383 e. The van der Waals surface area contributed by atoms with Gasteiger partial charge in [0.25, 0.3) is 5.91 Å². The van der Waals surface area contributed by atoms with E-state index in [2.05, 4.69) is 10.4 Å². The first-order valence-electron chi connectivity index (χ1n) is 6.50. The maximum atomic E-state index is 12.8. The molecule has 0 unspecified atom stereocenters. The number of amides is 1. The van der Waals surface area contributed by atoms with Gasteiger partial charge in [-0.1, -0.05) is 0 Å². The molecule has 9 heteroatoms. The zero-order valence-corrected chi connectivity index (χ0v) is 14.2. The van der Waals surface area contributed by atoms with E-state index < -0.39 is 17.6 Å². The van der Waals surface area contributed by atoms with Crippen molar-refractivity contribution in [3.63, 3.8) is 0 Å². The van der Waals surface area contributed by atoms with E-state index in [0.717, 1.165) is 12.1 Å². The number of nitrogens with one attached hydrogen (secondary N) is 1. The van der Waals surface area contributed by atoms with Crippen LogP contribution >= 0.6 is 22.6 Å². The van der Waals surface area contributed by atoms with E-state index in [1.54, 1.807) is 40.6 Å². The number of anilines is 1. The number of carbonyl (C=O) groups excluding carboxylic acids is 1. The summed E-state index contributed by atoms with van der Waals surface area (Å²) in [5.74, 6) is -0.625. The van der Waals surface area contributed by atoms with Crippen LogP contribution in [0.25, 0.3) is 0 Å². The number of hydrogen-bond donors (Lipinski definition) is 1. The lowest BCUT2D eigenvalue weighted by Gasteiger charge is -2.10. The molecule has 1 aromatic heterocycles. The van der Waals surface area contributed by atoms with Crippen molar-refractivity contribution in [1.82, 2.24) is 9.78 Å². The fourth-order valence-corrected chi connectivity index (χ4v) is 2.49. The van der Waals surface area contributed by atoms with Gasteiger partial charge in [0.2, 0.25) is 0 Å². The van der Waals surface area contributed by atoms with E-state index in [9.17, 15) is 18.0 Å². The minimum absolute atomic E-state index is 0.0612. The molecule has 0 spiro atoms. The number of aromatic nitrogens is 2. The Bertz CT molecular complexity index is 701. The fraction of sp³-hybridized carbons (Fsp3) is 0.286. The summed E-state index contributed by atoms with van der Waals surface area (Å²) < 4.78 is 45.2. The Morgan fingerprint density at radius 1 is 1.39 bits per heavy atom. The van der Waals surface area contributed by atoms with Crippen molar-refractivity contribution in [3.05, 3.63) is 45.3 Å². The van der Waals surface area contributed by atoms with Crippen LogP contribution in [-0.4, -0.2) is 29.4 Å². The van der Waals surface area contributed by atoms with Gasteiger partial charge in [0.15, 0.2) is 0 Å². The lowest BCUT2D eigenvalue weighted by atomic mass is 10.1. The highest BCUT2D eigenvalue weighted by atomic mass is 127. The van der Waals surface area contributed by atoms with Crippen LogP contribution in [0.15, 0.2) is 30.6 Å². The lowest BCUT2D eigenvalue weighted by molar-refractivity contribution is -0.137. The number of alkyl halides is 3. The van der Waals surface area contributed by atoms with Crippen molar-refractivity contribution in [2.24, 2.45) is 0 Å². The number of rotatable bonds is 5. The number of carbonyl (C=O) groups is 1. The van der Waals surface area contributed by atoms with Gasteiger partial charge < -0.3 is 10.1 Å². The van der Waals surface area contributed by atoms with Crippen LogP contribution in [-0.2, 0) is 17.5 Å². The summed E-state index contributed by atoms with van der Waals surface area (Å²) >= 11 is 1.74. The summed E-state index contributed by atoms with van der Waals surface area (Å²) in [4.78, 5) is 12.1. The Hall–Kier alpha value is -1.62. The number of hydrogen-bond acceptors (Lipinski definition) is 3. The SMILES string of the molecule is COCCn1cc(NC(=O)c2cc(I)cc(C(F)(F)F)c2)cn1. The van der Waals surface area contributed by atoms with Crippen LogP contribution in [0.2, 0.25) is 0 Å². The van der Waals surface area contributed by atoms with Gasteiger partial charge in [0.1, 0.15) is 0 Å². The fourth-order valence-electron chi connectivity index (χ4n) is 1.82. The Morgan fingerprint density at radius 3 is 2.78 bits per heavy atom. The topological polar surface area (TPSA) is 56.1 Å². The van der Waals surface area contributed by atoms with Crippen molar-refractivity contribution < 1.29 is 22.7 Å². The predicted molar refractivity (Wildman–Crippen MR) is 86.2 cm³/mol.